The van der Waals surface area contributed by atoms with Gasteiger partial charge in [-0.05, 0) is 201 Å². The summed E-state index contributed by atoms with van der Waals surface area (Å²) >= 11 is 0. The van der Waals surface area contributed by atoms with E-state index in [0.29, 0.717) is 53.1 Å². The monoisotopic (exact) mass is 1140 g/mol. The van der Waals surface area contributed by atoms with Crippen LogP contribution in [0.2, 0.25) is 0 Å². The second-order valence-electron chi connectivity index (χ2n) is 24.0. The third kappa shape index (κ3) is 13.8. The van der Waals surface area contributed by atoms with Crippen molar-refractivity contribution in [3.8, 4) is 40.2 Å². The van der Waals surface area contributed by atoms with Crippen LogP contribution in [0.15, 0.2) is 214 Å². The molecule has 1 fully saturated rings. The number of nitrogens with zero attached hydrogens (tertiary/aromatic N) is 2. The van der Waals surface area contributed by atoms with Gasteiger partial charge in [-0.3, -0.25) is 4.79 Å². The highest BCUT2D eigenvalue weighted by atomic mass is 32.2. The van der Waals surface area contributed by atoms with Crippen molar-refractivity contribution in [1.29, 1.82) is 0 Å². The molecule has 0 bridgehead atoms. The molecule has 1 unspecified atom stereocenters. The molecule has 0 N–H and O–H groups in total. The van der Waals surface area contributed by atoms with Crippen LogP contribution in [0.1, 0.15) is 103 Å². The van der Waals surface area contributed by atoms with Gasteiger partial charge < -0.3 is 28.7 Å². The zero-order valence-corrected chi connectivity index (χ0v) is 50.2. The second kappa shape index (κ2) is 23.6. The molecule has 0 spiro atoms. The summed E-state index contributed by atoms with van der Waals surface area (Å²) in [4.78, 5) is 18.3. The van der Waals surface area contributed by atoms with Gasteiger partial charge in [-0.25, -0.2) is 16.8 Å². The van der Waals surface area contributed by atoms with Crippen LogP contribution in [0.25, 0.3) is 0 Å². The molecule has 0 saturated carbocycles. The predicted octanol–water partition coefficient (Wildman–Crippen LogP) is 15.4. The molecule has 11 nitrogen and oxygen atoms in total. The van der Waals surface area contributed by atoms with Gasteiger partial charge in [-0.15, -0.1) is 0 Å². The lowest BCUT2D eigenvalue weighted by molar-refractivity contribution is -0.133. The Morgan fingerprint density at radius 1 is 0.390 bits per heavy atom. The number of amides is 1. The van der Waals surface area contributed by atoms with Gasteiger partial charge in [0.25, 0.3) is 0 Å². The van der Waals surface area contributed by atoms with Gasteiger partial charge in [0.2, 0.25) is 25.6 Å². The molecule has 0 aliphatic carbocycles. The number of piperazine rings is 1. The van der Waals surface area contributed by atoms with Crippen LogP contribution in [0.5, 0.6) is 40.2 Å². The van der Waals surface area contributed by atoms with Crippen molar-refractivity contribution in [1.82, 2.24) is 9.80 Å². The smallest absolute Gasteiger partial charge is 0.222 e. The predicted molar refractivity (Wildman–Crippen MR) is 324 cm³/mol. The summed E-state index contributed by atoms with van der Waals surface area (Å²) in [5, 5.41) is 0. The number of carbonyl (C=O) groups excluding carboxylic acids is 1. The number of sulfone groups is 2. The Bertz CT molecular complexity index is 3700. The lowest BCUT2D eigenvalue weighted by Crippen LogP contribution is -2.47. The normalized spacial score (nSPS) is 14.4. The van der Waals surface area contributed by atoms with E-state index in [1.807, 2.05) is 86.3 Å². The highest BCUT2D eigenvalue weighted by molar-refractivity contribution is 7.91. The van der Waals surface area contributed by atoms with Crippen LogP contribution in [0.3, 0.4) is 0 Å². The standard InChI is InChI=1S/C69H74N2O9S2/c1-66(2,3)49-11-13-52(14-12-49)69(9,44-43-65(72)71-47-45-70(10)46-48-71)53-19-25-56(26-20-53)79-59-31-37-62(38-32-59)81(73,74)61-35-27-57(28-36-61)77-54-21-15-50(16-22-54)68(7,8)51-17-23-55(24-18-51)78-58-29-39-63(40-30-58)82(75,76)64-41-33-60(34-42-64)80-67(4,5)6/h11-42H,43-48H2,1-10H3. The first-order chi connectivity index (χ1) is 38.8. The van der Waals surface area contributed by atoms with E-state index in [0.717, 1.165) is 48.4 Å². The first-order valence-corrected chi connectivity index (χ1v) is 30.8. The minimum Gasteiger partial charge on any atom is -0.488 e. The SMILES string of the molecule is CN1CCN(C(=O)CCC(C)(c2ccc(Oc3ccc(S(=O)(=O)c4ccc(Oc5ccc(C(C)(C)c6ccc(Oc7ccc(S(=O)(=O)c8ccc(OC(C)(C)C)cc8)cc7)cc6)cc5)cc4)cc3)cc2)c2ccc(C(C)(C)C)cc2)CC1. The third-order valence-electron chi connectivity index (χ3n) is 15.4. The molecule has 0 aromatic heterocycles. The largest absolute Gasteiger partial charge is 0.488 e. The molecule has 9 rings (SSSR count). The summed E-state index contributed by atoms with van der Waals surface area (Å²) in [7, 11) is -5.51. The number of likely N-dealkylation sites (N-methyl/N-ethyl adjacent to an activating group) is 1. The van der Waals surface area contributed by atoms with Gasteiger partial charge in [0, 0.05) is 43.4 Å². The van der Waals surface area contributed by atoms with E-state index in [9.17, 15) is 21.6 Å². The van der Waals surface area contributed by atoms with Crippen molar-refractivity contribution in [3.63, 3.8) is 0 Å². The average Bonchev–Trinajstić information content (AvgIpc) is 3.31. The maximum absolute atomic E-state index is 13.8. The number of ether oxygens (including phenoxy) is 4. The maximum atomic E-state index is 13.8. The number of rotatable bonds is 18. The fraction of sp³-hybridized carbons (Fsp3) is 0.290. The van der Waals surface area contributed by atoms with E-state index in [2.05, 4.69) is 89.9 Å². The fourth-order valence-electron chi connectivity index (χ4n) is 10.1. The molecule has 1 atom stereocenters. The van der Waals surface area contributed by atoms with Crippen LogP contribution in [-0.2, 0) is 40.7 Å². The molecule has 1 heterocycles. The van der Waals surface area contributed by atoms with E-state index < -0.39 is 30.7 Å². The minimum absolute atomic E-state index is 0.0138. The number of carbonyl (C=O) groups is 1. The fourth-order valence-corrected chi connectivity index (χ4v) is 12.6. The van der Waals surface area contributed by atoms with E-state index >= 15 is 0 Å². The summed E-state index contributed by atoms with van der Waals surface area (Å²) in [6.07, 6.45) is 1.09. The van der Waals surface area contributed by atoms with Crippen LogP contribution < -0.4 is 18.9 Å². The third-order valence-corrected chi connectivity index (χ3v) is 19.0. The highest BCUT2D eigenvalue weighted by Gasteiger charge is 2.32. The number of benzene rings is 8. The quantitative estimate of drug-likeness (QED) is 0.0819. The molecule has 1 saturated heterocycles. The number of hydrogen-bond donors (Lipinski definition) is 0. The van der Waals surface area contributed by atoms with Gasteiger partial charge >= 0.3 is 0 Å². The van der Waals surface area contributed by atoms with Crippen LogP contribution in [0, 0.1) is 0 Å². The Kier molecular flexibility index (Phi) is 17.0. The summed E-state index contributed by atoms with van der Waals surface area (Å²) in [5.74, 6) is 4.08. The van der Waals surface area contributed by atoms with Crippen LogP contribution >= 0.6 is 0 Å². The van der Waals surface area contributed by atoms with Crippen molar-refractivity contribution in [2.24, 2.45) is 0 Å². The lowest BCUT2D eigenvalue weighted by Gasteiger charge is -2.35. The van der Waals surface area contributed by atoms with E-state index in [1.165, 1.54) is 5.56 Å². The molecule has 82 heavy (non-hydrogen) atoms. The summed E-state index contributed by atoms with van der Waals surface area (Å²) in [5.41, 5.74) is 4.37. The van der Waals surface area contributed by atoms with Gasteiger partial charge in [0.1, 0.15) is 45.8 Å². The Balaban J connectivity index is 0.785. The van der Waals surface area contributed by atoms with E-state index in [1.54, 1.807) is 97.1 Å². The van der Waals surface area contributed by atoms with Crippen molar-refractivity contribution in [2.75, 3.05) is 33.2 Å². The van der Waals surface area contributed by atoms with Crippen molar-refractivity contribution < 1.29 is 40.6 Å². The van der Waals surface area contributed by atoms with Crippen molar-refractivity contribution >= 4 is 25.6 Å². The van der Waals surface area contributed by atoms with Gasteiger partial charge in [0.05, 0.1) is 19.6 Å². The Morgan fingerprint density at radius 2 is 0.671 bits per heavy atom. The van der Waals surface area contributed by atoms with Crippen molar-refractivity contribution in [2.45, 2.75) is 117 Å². The highest BCUT2D eigenvalue weighted by Crippen LogP contribution is 2.40. The summed E-state index contributed by atoms with van der Waals surface area (Å²) in [6, 6.07) is 58.0. The van der Waals surface area contributed by atoms with Crippen molar-refractivity contribution in [3.05, 3.63) is 222 Å². The molecule has 0 radical (unpaired) electrons. The second-order valence-corrected chi connectivity index (χ2v) is 27.9. The minimum atomic E-state index is -3.86. The molecule has 8 aromatic rings. The topological polar surface area (TPSA) is 129 Å². The molecule has 1 aliphatic rings. The van der Waals surface area contributed by atoms with Gasteiger partial charge in [0.15, 0.2) is 0 Å². The van der Waals surface area contributed by atoms with Gasteiger partial charge in [-0.1, -0.05) is 102 Å². The molecular weight excluding hydrogens is 1060 g/mol. The molecule has 13 heteroatoms. The Hall–Kier alpha value is -7.71. The molecule has 426 valence electrons. The van der Waals surface area contributed by atoms with E-state index in [4.69, 9.17) is 18.9 Å². The maximum Gasteiger partial charge on any atom is 0.222 e. The van der Waals surface area contributed by atoms with Gasteiger partial charge in [-0.2, -0.15) is 0 Å². The zero-order chi connectivity index (χ0) is 58.7. The van der Waals surface area contributed by atoms with Crippen LogP contribution in [0.4, 0.5) is 0 Å². The summed E-state index contributed by atoms with van der Waals surface area (Å²) < 4.78 is 78.7. The summed E-state index contributed by atoms with van der Waals surface area (Å²) in [6.45, 7) is 22.2. The lowest BCUT2D eigenvalue weighted by atomic mass is 9.72. The first-order valence-electron chi connectivity index (χ1n) is 27.8. The molecular formula is C69H74N2O9S2. The zero-order valence-electron chi connectivity index (χ0n) is 48.6. The molecule has 1 amide bonds. The van der Waals surface area contributed by atoms with Crippen LogP contribution in [-0.4, -0.2) is 71.4 Å². The molecule has 1 aliphatic heterocycles. The number of hydrogen-bond acceptors (Lipinski definition) is 10. The Labute approximate surface area is 485 Å². The Morgan fingerprint density at radius 3 is 0.988 bits per heavy atom. The molecule has 8 aromatic carbocycles. The average molecular weight is 1140 g/mol. The first kappa shape index (κ1) is 58.9. The van der Waals surface area contributed by atoms with E-state index in [-0.39, 0.29) is 36.3 Å².